The molecule has 2 aromatic heterocycles. The summed E-state index contributed by atoms with van der Waals surface area (Å²) in [5, 5.41) is 8.14. The molecule has 1 aromatic carbocycles. The predicted molar refractivity (Wildman–Crippen MR) is 193 cm³/mol. The van der Waals surface area contributed by atoms with Gasteiger partial charge in [-0.15, -0.1) is 0 Å². The monoisotopic (exact) mass is 716 g/mol. The Balaban J connectivity index is 1.07. The summed E-state index contributed by atoms with van der Waals surface area (Å²) in [6, 6.07) is 6.86. The van der Waals surface area contributed by atoms with E-state index in [1.165, 1.54) is 25.5 Å². The van der Waals surface area contributed by atoms with Crippen molar-refractivity contribution in [1.82, 2.24) is 40.8 Å². The number of alkyl carbamates (subject to hydrolysis) is 2. The molecule has 3 saturated carbocycles. The van der Waals surface area contributed by atoms with Crippen molar-refractivity contribution in [3.8, 4) is 11.3 Å². The molecule has 0 radical (unpaired) electrons. The first kappa shape index (κ1) is 36.9. The number of carbonyl (C=O) groups is 4. The lowest BCUT2D eigenvalue weighted by molar-refractivity contribution is -0.134. The maximum atomic E-state index is 13.2. The Bertz CT molecular complexity index is 1740. The highest BCUT2D eigenvalue weighted by Crippen LogP contribution is 2.58. The van der Waals surface area contributed by atoms with Gasteiger partial charge in [0.15, 0.2) is 0 Å². The zero-order valence-electron chi connectivity index (χ0n) is 31.0. The van der Waals surface area contributed by atoms with E-state index in [-0.39, 0.29) is 34.6 Å². The van der Waals surface area contributed by atoms with Gasteiger partial charge in [0.05, 0.1) is 38.2 Å². The lowest BCUT2D eigenvalue weighted by Gasteiger charge is -2.53. The van der Waals surface area contributed by atoms with Gasteiger partial charge in [-0.05, 0) is 87.7 Å². The Morgan fingerprint density at radius 1 is 0.827 bits per heavy atom. The molecule has 7 rings (SSSR count). The fraction of sp³-hybridized carbons (Fsp3) is 0.579. The Hall–Kier alpha value is -4.88. The average Bonchev–Trinajstić information content (AvgIpc) is 3.96. The second kappa shape index (κ2) is 15.0. The van der Waals surface area contributed by atoms with Crippen LogP contribution in [0.5, 0.6) is 0 Å². The minimum atomic E-state index is -0.730. The maximum absolute atomic E-state index is 13.2. The molecule has 0 spiro atoms. The molecule has 3 aromatic rings. The number of nitrogens with zero attached hydrogens (tertiary/aromatic N) is 3. The maximum Gasteiger partial charge on any atom is 0.407 e. The van der Waals surface area contributed by atoms with Gasteiger partial charge in [0.1, 0.15) is 23.7 Å². The number of methoxy groups -OCH3 is 2. The van der Waals surface area contributed by atoms with E-state index >= 15 is 0 Å². The van der Waals surface area contributed by atoms with Crippen LogP contribution in [0.2, 0.25) is 0 Å². The summed E-state index contributed by atoms with van der Waals surface area (Å²) >= 11 is 0. The van der Waals surface area contributed by atoms with Gasteiger partial charge in [0.25, 0.3) is 0 Å². The molecule has 5 N–H and O–H groups in total. The highest BCUT2D eigenvalue weighted by Gasteiger charge is 2.51. The lowest BCUT2D eigenvalue weighted by atomic mass is 9.51. The SMILES string of the molecule is COC(=O)NC(C)C(=O)N1CCC[C@H]1c1ncc(C23CCC(c4ccc(-c5cnc([C@H](C)NC(=O)[C@@H](NC(=O)OC)C(C)C)[nH]5)cc4)(CC2)CC3)[nH]1. The molecule has 4 fully saturated rings. The van der Waals surface area contributed by atoms with Crippen molar-refractivity contribution in [2.45, 2.75) is 114 Å². The van der Waals surface area contributed by atoms with E-state index in [0.717, 1.165) is 68.4 Å². The Kier molecular flexibility index (Phi) is 10.6. The summed E-state index contributed by atoms with van der Waals surface area (Å²) in [5.41, 5.74) is 4.62. The van der Waals surface area contributed by atoms with Gasteiger partial charge >= 0.3 is 12.2 Å². The first-order valence-electron chi connectivity index (χ1n) is 18.4. The number of fused-ring (bicyclic) bond motifs is 3. The third-order valence-corrected chi connectivity index (χ3v) is 11.7. The van der Waals surface area contributed by atoms with Gasteiger partial charge in [0, 0.05) is 23.9 Å². The Morgan fingerprint density at radius 2 is 1.46 bits per heavy atom. The molecule has 280 valence electrons. The summed E-state index contributed by atoms with van der Waals surface area (Å²) in [6.45, 7) is 7.89. The van der Waals surface area contributed by atoms with Crippen molar-refractivity contribution in [2.75, 3.05) is 20.8 Å². The quantitative estimate of drug-likeness (QED) is 0.177. The second-order valence-corrected chi connectivity index (χ2v) is 15.1. The molecule has 4 aliphatic rings. The molecular weight excluding hydrogens is 664 g/mol. The summed E-state index contributed by atoms with van der Waals surface area (Å²) < 4.78 is 9.35. The van der Waals surface area contributed by atoms with E-state index < -0.39 is 30.3 Å². The van der Waals surface area contributed by atoms with Gasteiger partial charge in [-0.25, -0.2) is 19.6 Å². The number of aromatic amines is 2. The molecule has 52 heavy (non-hydrogen) atoms. The van der Waals surface area contributed by atoms with Crippen LogP contribution in [0.3, 0.4) is 0 Å². The number of hydrogen-bond donors (Lipinski definition) is 5. The molecule has 2 bridgehead atoms. The highest BCUT2D eigenvalue weighted by atomic mass is 16.5. The molecular formula is C38H52N8O6. The fourth-order valence-corrected chi connectivity index (χ4v) is 8.46. The minimum Gasteiger partial charge on any atom is -0.453 e. The molecule has 1 unspecified atom stereocenters. The van der Waals surface area contributed by atoms with Crippen LogP contribution >= 0.6 is 0 Å². The second-order valence-electron chi connectivity index (χ2n) is 15.1. The zero-order valence-corrected chi connectivity index (χ0v) is 31.0. The zero-order chi connectivity index (χ0) is 37.2. The van der Waals surface area contributed by atoms with Crippen LogP contribution in [0.15, 0.2) is 36.7 Å². The van der Waals surface area contributed by atoms with Crippen molar-refractivity contribution < 1.29 is 28.7 Å². The van der Waals surface area contributed by atoms with Crippen molar-refractivity contribution in [2.24, 2.45) is 5.92 Å². The first-order chi connectivity index (χ1) is 24.9. The highest BCUT2D eigenvalue weighted by molar-refractivity contribution is 5.86. The van der Waals surface area contributed by atoms with Crippen molar-refractivity contribution in [1.29, 1.82) is 0 Å². The van der Waals surface area contributed by atoms with E-state index in [0.29, 0.717) is 12.4 Å². The smallest absolute Gasteiger partial charge is 0.407 e. The summed E-state index contributed by atoms with van der Waals surface area (Å²) in [4.78, 5) is 67.8. The molecule has 1 aliphatic heterocycles. The molecule has 1 saturated heterocycles. The number of H-pyrrole nitrogens is 2. The van der Waals surface area contributed by atoms with Gasteiger partial charge in [-0.2, -0.15) is 0 Å². The average molecular weight is 717 g/mol. The van der Waals surface area contributed by atoms with Gasteiger partial charge in [0.2, 0.25) is 11.8 Å². The fourth-order valence-electron chi connectivity index (χ4n) is 8.46. The number of benzene rings is 1. The van der Waals surface area contributed by atoms with Gasteiger partial charge in [-0.3, -0.25) is 9.59 Å². The normalized spacial score (nSPS) is 24.2. The molecule has 3 heterocycles. The number of likely N-dealkylation sites (tertiary alicyclic amines) is 1. The van der Waals surface area contributed by atoms with E-state index in [4.69, 9.17) is 4.98 Å². The van der Waals surface area contributed by atoms with Crippen molar-refractivity contribution >= 4 is 24.0 Å². The first-order valence-corrected chi connectivity index (χ1v) is 18.4. The number of carbonyl (C=O) groups excluding carboxylic acids is 4. The van der Waals surface area contributed by atoms with E-state index in [9.17, 15) is 19.2 Å². The largest absolute Gasteiger partial charge is 0.453 e. The number of hydrogen-bond acceptors (Lipinski definition) is 8. The Morgan fingerprint density at radius 3 is 2.10 bits per heavy atom. The summed E-state index contributed by atoms with van der Waals surface area (Å²) in [7, 11) is 2.56. The standard InChI is InChI=1S/C38H52N8O6/c1-22(2)30(45-36(50)52-6)33(47)41-23(3)31-39-20-27(43-31)25-9-11-26(12-10-25)37-13-16-38(17-14-37,18-15-37)29-21-40-32(44-29)28-8-7-19-46(28)34(48)24(4)42-35(49)51-5/h9-12,20-24,28,30H,7-8,13-19H2,1-6H3,(H,39,43)(H,40,44)(H,41,47)(H,42,49)(H,45,50)/t23-,24?,28-,30-,37?,38?/m0/s1. The third kappa shape index (κ3) is 7.24. The number of nitrogens with one attached hydrogen (secondary N) is 5. The minimum absolute atomic E-state index is 0.0586. The number of rotatable bonds is 11. The van der Waals surface area contributed by atoms with Crippen LogP contribution in [-0.4, -0.2) is 81.7 Å². The molecule has 3 aliphatic carbocycles. The predicted octanol–water partition coefficient (Wildman–Crippen LogP) is 5.31. The van der Waals surface area contributed by atoms with Crippen LogP contribution in [0.25, 0.3) is 11.3 Å². The molecule has 14 nitrogen and oxygen atoms in total. The van der Waals surface area contributed by atoms with Gasteiger partial charge < -0.3 is 40.3 Å². The van der Waals surface area contributed by atoms with E-state index in [1.54, 1.807) is 13.1 Å². The Labute approximate surface area is 304 Å². The van der Waals surface area contributed by atoms with Crippen molar-refractivity contribution in [3.63, 3.8) is 0 Å². The number of imidazole rings is 2. The van der Waals surface area contributed by atoms with Crippen LogP contribution in [-0.2, 0) is 29.9 Å². The summed E-state index contributed by atoms with van der Waals surface area (Å²) in [6.07, 6.45) is 10.7. The number of ether oxygens (including phenoxy) is 2. The lowest BCUT2D eigenvalue weighted by Crippen LogP contribution is -2.50. The van der Waals surface area contributed by atoms with Crippen LogP contribution < -0.4 is 16.0 Å². The topological polar surface area (TPSA) is 183 Å². The molecule has 4 atom stereocenters. The number of amides is 4. The van der Waals surface area contributed by atoms with Crippen LogP contribution in [0, 0.1) is 5.92 Å². The van der Waals surface area contributed by atoms with Crippen molar-refractivity contribution in [3.05, 3.63) is 59.6 Å². The van der Waals surface area contributed by atoms with E-state index in [2.05, 4.69) is 64.6 Å². The molecule has 14 heteroatoms. The van der Waals surface area contributed by atoms with Crippen LogP contribution in [0.4, 0.5) is 9.59 Å². The third-order valence-electron chi connectivity index (χ3n) is 11.7. The van der Waals surface area contributed by atoms with Crippen LogP contribution in [0.1, 0.15) is 114 Å². The van der Waals surface area contributed by atoms with Gasteiger partial charge in [-0.1, -0.05) is 38.1 Å². The molecule has 4 amide bonds. The number of aromatic nitrogens is 4. The van der Waals surface area contributed by atoms with E-state index in [1.807, 2.05) is 31.9 Å². The summed E-state index contributed by atoms with van der Waals surface area (Å²) in [5.74, 6) is 0.891.